The summed E-state index contributed by atoms with van der Waals surface area (Å²) < 4.78 is 37.5. The lowest BCUT2D eigenvalue weighted by Gasteiger charge is -2.11. The fourth-order valence-electron chi connectivity index (χ4n) is 1.49. The summed E-state index contributed by atoms with van der Waals surface area (Å²) in [6.07, 6.45) is 0.00460. The minimum Gasteiger partial charge on any atom is -0.166 e. The van der Waals surface area contributed by atoms with Crippen molar-refractivity contribution in [2.45, 2.75) is 12.6 Å². The number of alkyl halides is 3. The van der Waals surface area contributed by atoms with Gasteiger partial charge in [0.05, 0.1) is 5.56 Å². The van der Waals surface area contributed by atoms with Crippen molar-refractivity contribution in [2.75, 3.05) is 0 Å². The summed E-state index contributed by atoms with van der Waals surface area (Å²) in [5, 5.41) is 0. The van der Waals surface area contributed by atoms with E-state index in [4.69, 9.17) is 0 Å². The first-order chi connectivity index (χ1) is 6.48. The zero-order valence-electron chi connectivity index (χ0n) is 7.03. The van der Waals surface area contributed by atoms with Gasteiger partial charge >= 0.3 is 6.18 Å². The fraction of sp³-hybridized carbons (Fsp3) is 0.200. The largest absolute Gasteiger partial charge is 0.417 e. The van der Waals surface area contributed by atoms with Gasteiger partial charge < -0.3 is 0 Å². The monoisotopic (exact) mass is 262 g/mol. The van der Waals surface area contributed by atoms with Gasteiger partial charge in [-0.15, -0.1) is 0 Å². The number of benzene rings is 1. The Bertz CT molecular complexity index is 405. The highest BCUT2D eigenvalue weighted by molar-refractivity contribution is 9.10. The van der Waals surface area contributed by atoms with Crippen LogP contribution in [0.4, 0.5) is 13.2 Å². The van der Waals surface area contributed by atoms with Gasteiger partial charge in [0.25, 0.3) is 0 Å². The molecule has 0 saturated heterocycles. The van der Waals surface area contributed by atoms with E-state index in [1.165, 1.54) is 12.1 Å². The number of allylic oxidation sites excluding steroid dienone is 1. The molecular formula is C10H6BrF3. The highest BCUT2D eigenvalue weighted by Crippen LogP contribution is 2.37. The molecule has 0 amide bonds. The Labute approximate surface area is 87.6 Å². The Kier molecular flexibility index (Phi) is 2.18. The van der Waals surface area contributed by atoms with Crippen LogP contribution in [0.3, 0.4) is 0 Å². The Balaban J connectivity index is 2.57. The lowest BCUT2D eigenvalue weighted by Crippen LogP contribution is -2.06. The molecule has 1 aromatic carbocycles. The van der Waals surface area contributed by atoms with Gasteiger partial charge in [-0.3, -0.25) is 0 Å². The van der Waals surface area contributed by atoms with E-state index in [0.29, 0.717) is 12.0 Å². The Morgan fingerprint density at radius 1 is 1.21 bits per heavy atom. The molecule has 0 heterocycles. The number of rotatable bonds is 0. The van der Waals surface area contributed by atoms with E-state index >= 15 is 0 Å². The van der Waals surface area contributed by atoms with Crippen LogP contribution in [0.1, 0.15) is 16.7 Å². The van der Waals surface area contributed by atoms with Crippen molar-refractivity contribution < 1.29 is 13.2 Å². The lowest BCUT2D eigenvalue weighted by molar-refractivity contribution is -0.138. The van der Waals surface area contributed by atoms with Crippen LogP contribution in [0.15, 0.2) is 22.7 Å². The lowest BCUT2D eigenvalue weighted by atomic mass is 10.1. The Morgan fingerprint density at radius 2 is 1.93 bits per heavy atom. The second-order valence-electron chi connectivity index (χ2n) is 3.14. The topological polar surface area (TPSA) is 0 Å². The molecule has 0 spiro atoms. The quantitative estimate of drug-likeness (QED) is 0.662. The van der Waals surface area contributed by atoms with E-state index in [1.54, 1.807) is 6.08 Å². The predicted octanol–water partition coefficient (Wildman–Crippen LogP) is 4.04. The minimum absolute atomic E-state index is 0.118. The van der Waals surface area contributed by atoms with Gasteiger partial charge in [0.15, 0.2) is 0 Å². The normalized spacial score (nSPS) is 14.6. The summed E-state index contributed by atoms with van der Waals surface area (Å²) in [5.74, 6) is 0. The summed E-state index contributed by atoms with van der Waals surface area (Å²) in [7, 11) is 0. The van der Waals surface area contributed by atoms with Crippen LogP contribution >= 0.6 is 15.9 Å². The molecule has 14 heavy (non-hydrogen) atoms. The Hall–Kier alpha value is -0.770. The highest BCUT2D eigenvalue weighted by atomic mass is 79.9. The van der Waals surface area contributed by atoms with Crippen molar-refractivity contribution in [1.29, 1.82) is 0 Å². The van der Waals surface area contributed by atoms with Gasteiger partial charge in [0, 0.05) is 4.47 Å². The molecule has 4 heteroatoms. The van der Waals surface area contributed by atoms with Crippen LogP contribution in [0.5, 0.6) is 0 Å². The molecule has 1 aliphatic carbocycles. The van der Waals surface area contributed by atoms with E-state index in [0.717, 1.165) is 5.56 Å². The maximum absolute atomic E-state index is 12.5. The van der Waals surface area contributed by atoms with Gasteiger partial charge in [-0.2, -0.15) is 13.2 Å². The molecule has 0 aliphatic heterocycles. The maximum atomic E-state index is 12.5. The van der Waals surface area contributed by atoms with Crippen LogP contribution in [0.2, 0.25) is 0 Å². The van der Waals surface area contributed by atoms with E-state index in [1.807, 2.05) is 6.08 Å². The third kappa shape index (κ3) is 1.59. The number of fused-ring (bicyclic) bond motifs is 1. The highest BCUT2D eigenvalue weighted by Gasteiger charge is 2.33. The molecule has 0 bridgehead atoms. The molecule has 0 unspecified atom stereocenters. The average Bonchev–Trinajstić information content (AvgIpc) is 2.47. The molecule has 74 valence electrons. The molecule has 1 aliphatic rings. The first-order valence-electron chi connectivity index (χ1n) is 4.04. The van der Waals surface area contributed by atoms with Crippen molar-refractivity contribution in [1.82, 2.24) is 0 Å². The van der Waals surface area contributed by atoms with E-state index in [-0.39, 0.29) is 4.47 Å². The second kappa shape index (κ2) is 3.12. The molecular weight excluding hydrogens is 257 g/mol. The van der Waals surface area contributed by atoms with E-state index in [2.05, 4.69) is 15.9 Å². The van der Waals surface area contributed by atoms with Gasteiger partial charge in [-0.25, -0.2) is 0 Å². The second-order valence-corrected chi connectivity index (χ2v) is 3.99. The predicted molar refractivity (Wildman–Crippen MR) is 51.9 cm³/mol. The number of hydrogen-bond acceptors (Lipinski definition) is 0. The van der Waals surface area contributed by atoms with E-state index < -0.39 is 11.7 Å². The average molecular weight is 263 g/mol. The van der Waals surface area contributed by atoms with Crippen molar-refractivity contribution in [2.24, 2.45) is 0 Å². The molecule has 1 aromatic rings. The van der Waals surface area contributed by atoms with Crippen molar-refractivity contribution >= 4 is 22.0 Å². The third-order valence-corrected chi connectivity index (χ3v) is 2.83. The van der Waals surface area contributed by atoms with Crippen LogP contribution in [0.25, 0.3) is 6.08 Å². The molecule has 0 radical (unpaired) electrons. The maximum Gasteiger partial charge on any atom is 0.417 e. The molecule has 0 aromatic heterocycles. The van der Waals surface area contributed by atoms with Crippen LogP contribution in [-0.2, 0) is 12.6 Å². The van der Waals surface area contributed by atoms with Crippen molar-refractivity contribution in [3.63, 3.8) is 0 Å². The minimum atomic E-state index is -4.29. The van der Waals surface area contributed by atoms with Crippen molar-refractivity contribution in [3.05, 3.63) is 39.4 Å². The summed E-state index contributed by atoms with van der Waals surface area (Å²) in [5.41, 5.74) is 0.994. The van der Waals surface area contributed by atoms with Gasteiger partial charge in [0.2, 0.25) is 0 Å². The van der Waals surface area contributed by atoms with Crippen molar-refractivity contribution in [3.8, 4) is 0 Å². The number of halogens is 4. The van der Waals surface area contributed by atoms with E-state index in [9.17, 15) is 13.2 Å². The molecule has 0 fully saturated rings. The molecule has 0 N–H and O–H groups in total. The first kappa shape index (κ1) is 9.77. The fourth-order valence-corrected chi connectivity index (χ4v) is 2.11. The Morgan fingerprint density at radius 3 is 2.57 bits per heavy atom. The zero-order chi connectivity index (χ0) is 10.3. The molecule has 0 saturated carbocycles. The first-order valence-corrected chi connectivity index (χ1v) is 4.84. The smallest absolute Gasteiger partial charge is 0.166 e. The van der Waals surface area contributed by atoms with Gasteiger partial charge in [-0.05, 0) is 29.7 Å². The zero-order valence-corrected chi connectivity index (χ0v) is 8.61. The molecule has 0 atom stereocenters. The molecule has 0 nitrogen and oxygen atoms in total. The van der Waals surface area contributed by atoms with Gasteiger partial charge in [-0.1, -0.05) is 28.1 Å². The summed E-state index contributed by atoms with van der Waals surface area (Å²) in [4.78, 5) is 0. The molecule has 2 rings (SSSR count). The summed E-state index contributed by atoms with van der Waals surface area (Å²) in [6.45, 7) is 0. The third-order valence-electron chi connectivity index (χ3n) is 2.17. The van der Waals surface area contributed by atoms with Gasteiger partial charge in [0.1, 0.15) is 0 Å². The SMILES string of the molecule is FC(F)(F)c1cc2c(cc1Br)CC=C2. The van der Waals surface area contributed by atoms with Crippen LogP contribution in [-0.4, -0.2) is 0 Å². The standard InChI is InChI=1S/C10H6BrF3/c11-9-5-7-3-1-2-6(7)4-8(9)10(12,13)14/h1-2,4-5H,3H2. The summed E-state index contributed by atoms with van der Waals surface area (Å²) in [6, 6.07) is 2.72. The summed E-state index contributed by atoms with van der Waals surface area (Å²) >= 11 is 2.94. The number of hydrogen-bond donors (Lipinski definition) is 0. The van der Waals surface area contributed by atoms with Crippen LogP contribution < -0.4 is 0 Å². The van der Waals surface area contributed by atoms with Crippen LogP contribution in [0, 0.1) is 0 Å².